The molecule has 2 aromatic rings. The van der Waals surface area contributed by atoms with Crippen LogP contribution in [-0.2, 0) is 7.05 Å². The first-order chi connectivity index (χ1) is 13.2. The summed E-state index contributed by atoms with van der Waals surface area (Å²) in [5.41, 5.74) is -0.269. The van der Waals surface area contributed by atoms with E-state index in [2.05, 4.69) is 15.5 Å². The maximum absolute atomic E-state index is 12.8. The zero-order valence-corrected chi connectivity index (χ0v) is 16.9. The fourth-order valence-corrected chi connectivity index (χ4v) is 2.86. The summed E-state index contributed by atoms with van der Waals surface area (Å²) >= 11 is 12.2. The lowest BCUT2D eigenvalue weighted by Crippen LogP contribution is -2.47. The zero-order chi connectivity index (χ0) is 21.0. The van der Waals surface area contributed by atoms with Gasteiger partial charge in [0.15, 0.2) is 11.4 Å². The molecule has 0 unspecified atom stereocenters. The Morgan fingerprint density at radius 2 is 2.11 bits per heavy atom. The maximum atomic E-state index is 12.8. The number of carbonyl (C=O) groups is 1. The van der Waals surface area contributed by atoms with Gasteiger partial charge in [-0.1, -0.05) is 29.3 Å². The minimum atomic E-state index is -0.730. The SMILES string of the molecule is CCOc1c(C(=O)NC(=NN)N(C)N)nn(C)c(=O)c1-c1ccc(Cl)cc1Cl. The predicted octanol–water partition coefficient (Wildman–Crippen LogP) is 0.918. The standard InChI is InChI=1S/C16H19Cl2N7O3/c1-4-28-13-11(9-6-5-8(17)7-10(9)18)15(27)25(3)23-12(13)14(26)21-16(22-19)24(2)20/h5-7H,4,19-20H2,1-3H3,(H,21,22,26). The van der Waals surface area contributed by atoms with Gasteiger partial charge in [0.1, 0.15) is 0 Å². The highest BCUT2D eigenvalue weighted by Gasteiger charge is 2.26. The van der Waals surface area contributed by atoms with Gasteiger partial charge in [0.05, 0.1) is 17.2 Å². The Hall–Kier alpha value is -2.82. The minimum absolute atomic E-state index is 0.0385. The molecule has 0 radical (unpaired) electrons. The zero-order valence-electron chi connectivity index (χ0n) is 15.4. The summed E-state index contributed by atoms with van der Waals surface area (Å²) < 4.78 is 6.60. The van der Waals surface area contributed by atoms with E-state index >= 15 is 0 Å². The van der Waals surface area contributed by atoms with E-state index in [0.29, 0.717) is 10.6 Å². The van der Waals surface area contributed by atoms with Crippen LogP contribution in [0.2, 0.25) is 10.0 Å². The molecule has 0 fully saturated rings. The molecule has 0 aliphatic rings. The van der Waals surface area contributed by atoms with E-state index in [-0.39, 0.29) is 34.6 Å². The smallest absolute Gasteiger partial charge is 0.282 e. The van der Waals surface area contributed by atoms with Gasteiger partial charge in [0.25, 0.3) is 11.5 Å². The van der Waals surface area contributed by atoms with Crippen LogP contribution < -0.4 is 27.3 Å². The average molecular weight is 428 g/mol. The highest BCUT2D eigenvalue weighted by molar-refractivity contribution is 6.36. The van der Waals surface area contributed by atoms with Crippen LogP contribution in [0.5, 0.6) is 5.75 Å². The molecule has 0 saturated carbocycles. The number of nitrogens with zero attached hydrogens (tertiary/aromatic N) is 4. The van der Waals surface area contributed by atoms with Crippen molar-refractivity contribution in [2.75, 3.05) is 13.7 Å². The highest BCUT2D eigenvalue weighted by atomic mass is 35.5. The summed E-state index contributed by atoms with van der Waals surface area (Å²) in [6.07, 6.45) is 0. The monoisotopic (exact) mass is 427 g/mol. The van der Waals surface area contributed by atoms with Gasteiger partial charge in [-0.2, -0.15) is 5.10 Å². The van der Waals surface area contributed by atoms with E-state index in [1.54, 1.807) is 19.1 Å². The van der Waals surface area contributed by atoms with Crippen LogP contribution in [0.3, 0.4) is 0 Å². The third-order valence-corrected chi connectivity index (χ3v) is 4.13. The third-order valence-electron chi connectivity index (χ3n) is 3.59. The first kappa shape index (κ1) is 21.5. The summed E-state index contributed by atoms with van der Waals surface area (Å²) in [7, 11) is 2.83. The van der Waals surface area contributed by atoms with Crippen molar-refractivity contribution >= 4 is 35.1 Å². The van der Waals surface area contributed by atoms with E-state index in [1.807, 2.05) is 0 Å². The van der Waals surface area contributed by atoms with Crippen LogP contribution in [0, 0.1) is 0 Å². The van der Waals surface area contributed by atoms with Gasteiger partial charge in [-0.3, -0.25) is 19.9 Å². The Bertz CT molecular complexity index is 989. The molecule has 1 heterocycles. The number of aryl methyl sites for hydroxylation is 1. The maximum Gasteiger partial charge on any atom is 0.282 e. The molecule has 10 nitrogen and oxygen atoms in total. The molecule has 2 rings (SSSR count). The number of hydrogen-bond acceptors (Lipinski definition) is 7. The first-order valence-electron chi connectivity index (χ1n) is 7.98. The van der Waals surface area contributed by atoms with Crippen LogP contribution >= 0.6 is 23.2 Å². The lowest BCUT2D eigenvalue weighted by Gasteiger charge is -2.18. The second-order valence-corrected chi connectivity index (χ2v) is 6.40. The van der Waals surface area contributed by atoms with E-state index in [9.17, 15) is 9.59 Å². The summed E-state index contributed by atoms with van der Waals surface area (Å²) in [6.45, 7) is 1.87. The Balaban J connectivity index is 2.73. The highest BCUT2D eigenvalue weighted by Crippen LogP contribution is 2.35. The van der Waals surface area contributed by atoms with Gasteiger partial charge < -0.3 is 10.6 Å². The Morgan fingerprint density at radius 3 is 2.64 bits per heavy atom. The molecule has 1 amide bonds. The summed E-state index contributed by atoms with van der Waals surface area (Å²) in [5.74, 6) is 9.89. The number of amides is 1. The van der Waals surface area contributed by atoms with Crippen molar-refractivity contribution in [3.8, 4) is 16.9 Å². The van der Waals surface area contributed by atoms with Crippen molar-refractivity contribution in [1.29, 1.82) is 0 Å². The molecule has 0 bridgehead atoms. The summed E-state index contributed by atoms with van der Waals surface area (Å²) in [4.78, 5) is 25.5. The predicted molar refractivity (Wildman–Crippen MR) is 107 cm³/mol. The van der Waals surface area contributed by atoms with E-state index in [4.69, 9.17) is 39.6 Å². The quantitative estimate of drug-likeness (QED) is 0.285. The Morgan fingerprint density at radius 1 is 1.43 bits per heavy atom. The van der Waals surface area contributed by atoms with E-state index < -0.39 is 11.5 Å². The number of halogens is 2. The number of benzene rings is 1. The fourth-order valence-electron chi connectivity index (χ4n) is 2.35. The van der Waals surface area contributed by atoms with Crippen molar-refractivity contribution in [2.24, 2.45) is 23.8 Å². The van der Waals surface area contributed by atoms with Crippen LogP contribution in [0.25, 0.3) is 11.1 Å². The number of ether oxygens (including phenoxy) is 1. The molecule has 150 valence electrons. The third kappa shape index (κ3) is 4.35. The number of hydrazine groups is 1. The van der Waals surface area contributed by atoms with Gasteiger partial charge in [-0.25, -0.2) is 10.5 Å². The molecule has 0 spiro atoms. The molecule has 28 heavy (non-hydrogen) atoms. The van der Waals surface area contributed by atoms with Crippen molar-refractivity contribution in [2.45, 2.75) is 6.92 Å². The minimum Gasteiger partial charge on any atom is -0.490 e. The number of hydrazone groups is 1. The van der Waals surface area contributed by atoms with E-state index in [1.165, 1.54) is 20.2 Å². The van der Waals surface area contributed by atoms with Gasteiger partial charge in [-0.15, -0.1) is 5.10 Å². The second-order valence-electron chi connectivity index (χ2n) is 5.56. The Kier molecular flexibility index (Phi) is 6.84. The number of guanidine groups is 1. The summed E-state index contributed by atoms with van der Waals surface area (Å²) in [5, 5.41) is 11.4. The molecule has 1 aromatic heterocycles. The van der Waals surface area contributed by atoms with Crippen LogP contribution in [0.1, 0.15) is 17.4 Å². The number of nitrogens with two attached hydrogens (primary N) is 2. The molecule has 0 aliphatic carbocycles. The molecular formula is C16H19Cl2N7O3. The molecule has 5 N–H and O–H groups in total. The van der Waals surface area contributed by atoms with Crippen molar-refractivity contribution in [3.63, 3.8) is 0 Å². The molecule has 0 saturated heterocycles. The van der Waals surface area contributed by atoms with Crippen LogP contribution in [0.4, 0.5) is 0 Å². The van der Waals surface area contributed by atoms with Gasteiger partial charge in [0.2, 0.25) is 5.96 Å². The normalized spacial score (nSPS) is 11.3. The molecular weight excluding hydrogens is 409 g/mol. The second kappa shape index (κ2) is 8.91. The molecule has 1 aromatic carbocycles. The molecule has 0 atom stereocenters. The van der Waals surface area contributed by atoms with Crippen molar-refractivity contribution in [3.05, 3.63) is 44.3 Å². The number of hydrogen-bond donors (Lipinski definition) is 3. The lowest BCUT2D eigenvalue weighted by molar-refractivity contribution is 0.0961. The van der Waals surface area contributed by atoms with Gasteiger partial charge in [0, 0.05) is 24.7 Å². The Labute approximate surface area is 170 Å². The van der Waals surface area contributed by atoms with Crippen LogP contribution in [-0.4, -0.2) is 40.3 Å². The number of carbonyl (C=O) groups excluding carboxylic acids is 1. The number of nitrogens with one attached hydrogen (secondary N) is 1. The summed E-state index contributed by atoms with van der Waals surface area (Å²) in [6, 6.07) is 4.61. The van der Waals surface area contributed by atoms with Crippen molar-refractivity contribution < 1.29 is 9.53 Å². The first-order valence-corrected chi connectivity index (χ1v) is 8.74. The van der Waals surface area contributed by atoms with Crippen molar-refractivity contribution in [1.82, 2.24) is 20.1 Å². The largest absolute Gasteiger partial charge is 0.490 e. The number of aromatic nitrogens is 2. The van der Waals surface area contributed by atoms with Gasteiger partial charge in [-0.05, 0) is 19.1 Å². The van der Waals surface area contributed by atoms with Crippen LogP contribution in [0.15, 0.2) is 28.1 Å². The molecule has 0 aliphatic heterocycles. The average Bonchev–Trinajstić information content (AvgIpc) is 2.63. The van der Waals surface area contributed by atoms with E-state index in [0.717, 1.165) is 9.69 Å². The van der Waals surface area contributed by atoms with Gasteiger partial charge >= 0.3 is 0 Å². The lowest BCUT2D eigenvalue weighted by atomic mass is 10.1. The number of rotatable bonds is 4. The fraction of sp³-hybridized carbons (Fsp3) is 0.250. The topological polar surface area (TPSA) is 141 Å². The molecule has 12 heteroatoms.